The first kappa shape index (κ1) is 28.4. The summed E-state index contributed by atoms with van der Waals surface area (Å²) in [6.07, 6.45) is 4.68. The average molecular weight is 575 g/mol. The highest BCUT2D eigenvalue weighted by molar-refractivity contribution is 5.78. The molecule has 0 spiro atoms. The Balaban J connectivity index is 1.45. The third kappa shape index (κ3) is 6.30. The van der Waals surface area contributed by atoms with Gasteiger partial charge < -0.3 is 26.0 Å². The number of likely N-dealkylation sites (tertiary alicyclic amines) is 1. The van der Waals surface area contributed by atoms with Crippen LogP contribution in [0.3, 0.4) is 0 Å². The molecule has 4 N–H and O–H groups in total. The van der Waals surface area contributed by atoms with Crippen LogP contribution < -0.4 is 16.4 Å². The van der Waals surface area contributed by atoms with Gasteiger partial charge in [-0.1, -0.05) is 0 Å². The summed E-state index contributed by atoms with van der Waals surface area (Å²) >= 11 is 0. The number of amides is 2. The van der Waals surface area contributed by atoms with Crippen molar-refractivity contribution in [1.29, 1.82) is 0 Å². The highest BCUT2D eigenvalue weighted by Gasteiger charge is 2.30. The Kier molecular flexibility index (Phi) is 8.18. The number of rotatable bonds is 7. The van der Waals surface area contributed by atoms with Gasteiger partial charge in [-0.15, -0.1) is 0 Å². The molecule has 11 nitrogen and oxygen atoms in total. The number of primary amides is 1. The molecule has 5 rings (SSSR count). The number of nitrogens with one attached hydrogen (secondary N) is 2. The Morgan fingerprint density at radius 3 is 2.44 bits per heavy atom. The van der Waals surface area contributed by atoms with E-state index in [1.54, 1.807) is 23.3 Å². The van der Waals surface area contributed by atoms with E-state index in [-0.39, 0.29) is 42.1 Å². The van der Waals surface area contributed by atoms with Gasteiger partial charge in [-0.25, -0.2) is 27.9 Å². The minimum Gasteiger partial charge on any atom is -0.447 e. The first-order valence-electron chi connectivity index (χ1n) is 13.8. The van der Waals surface area contributed by atoms with E-state index in [0.717, 1.165) is 12.8 Å². The van der Waals surface area contributed by atoms with Crippen LogP contribution in [0.1, 0.15) is 58.4 Å². The molecule has 3 aromatic rings. The Morgan fingerprint density at radius 2 is 1.78 bits per heavy atom. The maximum atomic E-state index is 14.5. The summed E-state index contributed by atoms with van der Waals surface area (Å²) in [5, 5.41) is 5.98. The van der Waals surface area contributed by atoms with Gasteiger partial charge in [0.15, 0.2) is 17.3 Å². The van der Waals surface area contributed by atoms with Gasteiger partial charge in [0.1, 0.15) is 17.0 Å². The highest BCUT2D eigenvalue weighted by Crippen LogP contribution is 2.37. The van der Waals surface area contributed by atoms with Gasteiger partial charge in [-0.2, -0.15) is 4.98 Å². The van der Waals surface area contributed by atoms with Crippen LogP contribution in [-0.4, -0.2) is 61.7 Å². The zero-order valence-electron chi connectivity index (χ0n) is 22.9. The summed E-state index contributed by atoms with van der Waals surface area (Å²) in [5.74, 6) is -3.45. The van der Waals surface area contributed by atoms with Crippen molar-refractivity contribution in [2.75, 3.05) is 23.7 Å². The molecule has 2 aromatic heterocycles. The van der Waals surface area contributed by atoms with E-state index in [4.69, 9.17) is 15.5 Å². The lowest BCUT2D eigenvalue weighted by atomic mass is 9.85. The summed E-state index contributed by atoms with van der Waals surface area (Å²) in [6.45, 7) is 4.60. The number of ether oxygens (including phenoxy) is 1. The topological polar surface area (TPSA) is 140 Å². The number of piperidine rings is 1. The van der Waals surface area contributed by atoms with E-state index in [9.17, 15) is 22.8 Å². The lowest BCUT2D eigenvalue weighted by molar-refractivity contribution is -0.122. The third-order valence-corrected chi connectivity index (χ3v) is 7.49. The van der Waals surface area contributed by atoms with Crippen molar-refractivity contribution >= 4 is 40.7 Å². The fourth-order valence-corrected chi connectivity index (χ4v) is 5.51. The molecule has 0 unspecified atom stereocenters. The Hall–Kier alpha value is -4.10. The second-order valence-corrected chi connectivity index (χ2v) is 10.8. The van der Waals surface area contributed by atoms with Crippen LogP contribution >= 0.6 is 0 Å². The molecule has 0 bridgehead atoms. The number of benzene rings is 1. The molecule has 2 fully saturated rings. The summed E-state index contributed by atoms with van der Waals surface area (Å²) in [6, 6.07) is 0.845. The van der Waals surface area contributed by atoms with Crippen molar-refractivity contribution in [3.05, 3.63) is 35.8 Å². The first-order chi connectivity index (χ1) is 19.6. The van der Waals surface area contributed by atoms with Gasteiger partial charge in [0.2, 0.25) is 17.8 Å². The highest BCUT2D eigenvalue weighted by atomic mass is 19.1. The number of nitrogens with two attached hydrogens (primary N) is 1. The van der Waals surface area contributed by atoms with E-state index in [1.807, 2.05) is 0 Å². The number of carbonyl (C=O) groups is 2. The number of imidazole rings is 1. The first-order valence-corrected chi connectivity index (χ1v) is 13.8. The van der Waals surface area contributed by atoms with Gasteiger partial charge in [-0.05, 0) is 52.4 Å². The lowest BCUT2D eigenvalue weighted by Gasteiger charge is -2.33. The normalized spacial score (nSPS) is 21.2. The molecule has 1 aromatic carbocycles. The maximum Gasteiger partial charge on any atom is 0.410 e. The number of anilines is 3. The Bertz CT molecular complexity index is 1420. The van der Waals surface area contributed by atoms with Crippen LogP contribution in [0.5, 0.6) is 0 Å². The maximum absolute atomic E-state index is 14.5. The van der Waals surface area contributed by atoms with E-state index in [0.29, 0.717) is 68.0 Å². The van der Waals surface area contributed by atoms with Crippen LogP contribution in [0.25, 0.3) is 11.2 Å². The summed E-state index contributed by atoms with van der Waals surface area (Å²) in [4.78, 5) is 39.4. The largest absolute Gasteiger partial charge is 0.447 e. The van der Waals surface area contributed by atoms with Gasteiger partial charge in [0, 0.05) is 43.2 Å². The molecule has 1 saturated carbocycles. The molecule has 1 aliphatic carbocycles. The molecule has 220 valence electrons. The Morgan fingerprint density at radius 1 is 1.07 bits per heavy atom. The van der Waals surface area contributed by atoms with Crippen LogP contribution in [0, 0.1) is 23.4 Å². The number of carbonyl (C=O) groups excluding carboxylic acids is 2. The molecule has 3 heterocycles. The summed E-state index contributed by atoms with van der Waals surface area (Å²) in [7, 11) is 0. The average Bonchev–Trinajstić information content (AvgIpc) is 3.27. The summed E-state index contributed by atoms with van der Waals surface area (Å²) in [5.41, 5.74) is 5.77. The third-order valence-electron chi connectivity index (χ3n) is 7.49. The SMILES string of the molecule is CC(C)OC(=O)N1CCC[C@@H](Nc2ncc3nc(Nc4c(F)cc(F)cc4F)n([C@H]4CC[C@@H](C(N)=O)CC4)c3n2)C1. The molecule has 1 aliphatic heterocycles. The van der Waals surface area contributed by atoms with Crippen LogP contribution in [0.4, 0.5) is 35.5 Å². The van der Waals surface area contributed by atoms with Crippen molar-refractivity contribution in [3.63, 3.8) is 0 Å². The number of aromatic nitrogens is 4. The zero-order valence-corrected chi connectivity index (χ0v) is 22.9. The molecular formula is C27H33F3N8O3. The van der Waals surface area contributed by atoms with E-state index in [1.165, 1.54) is 6.20 Å². The molecular weight excluding hydrogens is 541 g/mol. The smallest absolute Gasteiger partial charge is 0.410 e. The van der Waals surface area contributed by atoms with Gasteiger partial charge in [0.25, 0.3) is 0 Å². The number of hydrogen-bond donors (Lipinski definition) is 3. The number of halogens is 3. The molecule has 2 amide bonds. The van der Waals surface area contributed by atoms with E-state index < -0.39 is 23.1 Å². The molecule has 1 atom stereocenters. The van der Waals surface area contributed by atoms with Crippen LogP contribution in [0.2, 0.25) is 0 Å². The zero-order chi connectivity index (χ0) is 29.3. The minimum atomic E-state index is -1.11. The lowest BCUT2D eigenvalue weighted by Crippen LogP contribution is -2.46. The summed E-state index contributed by atoms with van der Waals surface area (Å²) < 4.78 is 49.7. The number of nitrogens with zero attached hydrogens (tertiary/aromatic N) is 5. The molecule has 14 heteroatoms. The second kappa shape index (κ2) is 11.8. The monoisotopic (exact) mass is 574 g/mol. The van der Waals surface area contributed by atoms with Crippen molar-refractivity contribution in [3.8, 4) is 0 Å². The fourth-order valence-electron chi connectivity index (χ4n) is 5.51. The van der Waals surface area contributed by atoms with Crippen LogP contribution in [-0.2, 0) is 9.53 Å². The standard InChI is InChI=1S/C27H33F3N8O3/c1-14(2)41-27(40)37-9-3-4-17(13-37)33-25-32-12-21-24(36-25)38(18-7-5-15(6-8-18)23(31)39)26(34-21)35-22-19(29)10-16(28)11-20(22)30/h10-12,14-15,17-18H,3-9,13H2,1-2H3,(H2,31,39)(H,34,35)(H,32,33,36)/t15-,17-,18+/m1/s1. The fraction of sp³-hybridized carbons (Fsp3) is 0.519. The van der Waals surface area contributed by atoms with Gasteiger partial charge in [0.05, 0.1) is 12.3 Å². The molecule has 2 aliphatic rings. The predicted molar refractivity (Wildman–Crippen MR) is 145 cm³/mol. The van der Waals surface area contributed by atoms with Gasteiger partial charge >= 0.3 is 6.09 Å². The number of hydrogen-bond acceptors (Lipinski definition) is 8. The van der Waals surface area contributed by atoms with Gasteiger partial charge in [-0.3, -0.25) is 9.36 Å². The quantitative estimate of drug-likeness (QED) is 0.371. The second-order valence-electron chi connectivity index (χ2n) is 10.8. The van der Waals surface area contributed by atoms with Crippen molar-refractivity contribution in [2.24, 2.45) is 11.7 Å². The molecule has 41 heavy (non-hydrogen) atoms. The molecule has 1 saturated heterocycles. The van der Waals surface area contributed by atoms with Crippen molar-refractivity contribution < 1.29 is 27.5 Å². The van der Waals surface area contributed by atoms with E-state index >= 15 is 0 Å². The number of fused-ring (bicyclic) bond motifs is 1. The van der Waals surface area contributed by atoms with Crippen LogP contribution in [0.15, 0.2) is 18.3 Å². The van der Waals surface area contributed by atoms with E-state index in [2.05, 4.69) is 20.6 Å². The predicted octanol–water partition coefficient (Wildman–Crippen LogP) is 4.63. The minimum absolute atomic E-state index is 0.110. The van der Waals surface area contributed by atoms with Crippen molar-refractivity contribution in [1.82, 2.24) is 24.4 Å². The molecule has 0 radical (unpaired) electrons. The Labute approximate surface area is 234 Å². The van der Waals surface area contributed by atoms with Crippen molar-refractivity contribution in [2.45, 2.75) is 70.6 Å².